The van der Waals surface area contributed by atoms with Gasteiger partial charge in [-0.2, -0.15) is 0 Å². The van der Waals surface area contributed by atoms with Crippen LogP contribution < -0.4 is 5.32 Å². The van der Waals surface area contributed by atoms with Crippen LogP contribution in [-0.2, 0) is 24.1 Å². The van der Waals surface area contributed by atoms with Crippen molar-refractivity contribution in [2.24, 2.45) is 11.8 Å². The maximum atomic E-state index is 10.4. The fraction of sp³-hybridized carbons (Fsp3) is 0.524. The summed E-state index contributed by atoms with van der Waals surface area (Å²) in [6.07, 6.45) is 3.21. The third kappa shape index (κ3) is 5.49. The molecule has 0 aliphatic heterocycles. The molecular formula is C21H28ClN3O3. The lowest BCUT2D eigenvalue weighted by molar-refractivity contribution is 0.0716. The SMILES string of the molecule is COCCc1nccc(C[C@@H]2[C@@H](CO)[C@H](O)C[C@H]2NCc2ccc(Cl)cc2)n1. The number of rotatable bonds is 9. The maximum Gasteiger partial charge on any atom is 0.130 e. The Morgan fingerprint density at radius 1 is 1.21 bits per heavy atom. The smallest absolute Gasteiger partial charge is 0.130 e. The van der Waals surface area contributed by atoms with Crippen LogP contribution in [0.3, 0.4) is 0 Å². The molecule has 28 heavy (non-hydrogen) atoms. The van der Waals surface area contributed by atoms with Gasteiger partial charge in [-0.1, -0.05) is 23.7 Å². The van der Waals surface area contributed by atoms with E-state index >= 15 is 0 Å². The number of hydrogen-bond acceptors (Lipinski definition) is 6. The van der Waals surface area contributed by atoms with Gasteiger partial charge < -0.3 is 20.3 Å². The van der Waals surface area contributed by atoms with E-state index in [0.29, 0.717) is 37.4 Å². The normalized spacial score (nSPS) is 24.6. The predicted molar refractivity (Wildman–Crippen MR) is 108 cm³/mol. The average molecular weight is 406 g/mol. The van der Waals surface area contributed by atoms with E-state index in [1.54, 1.807) is 13.3 Å². The first kappa shape index (κ1) is 21.1. The molecule has 1 aromatic heterocycles. The molecule has 0 amide bonds. The summed E-state index contributed by atoms with van der Waals surface area (Å²) < 4.78 is 5.10. The first-order valence-corrected chi connectivity index (χ1v) is 10.0. The maximum absolute atomic E-state index is 10.4. The van der Waals surface area contributed by atoms with Crippen molar-refractivity contribution in [1.82, 2.24) is 15.3 Å². The van der Waals surface area contributed by atoms with Gasteiger partial charge in [0.1, 0.15) is 5.82 Å². The molecule has 7 heteroatoms. The van der Waals surface area contributed by atoms with Crippen LogP contribution >= 0.6 is 11.6 Å². The number of halogens is 1. The summed E-state index contributed by atoms with van der Waals surface area (Å²) in [6, 6.07) is 9.74. The third-order valence-corrected chi connectivity index (χ3v) is 5.74. The lowest BCUT2D eigenvalue weighted by Crippen LogP contribution is -2.36. The molecule has 1 aliphatic rings. The zero-order valence-corrected chi connectivity index (χ0v) is 16.8. The van der Waals surface area contributed by atoms with Gasteiger partial charge in [0, 0.05) is 55.6 Å². The summed E-state index contributed by atoms with van der Waals surface area (Å²) in [5.41, 5.74) is 2.06. The van der Waals surface area contributed by atoms with Crippen LogP contribution in [0, 0.1) is 11.8 Å². The third-order valence-electron chi connectivity index (χ3n) is 5.49. The summed E-state index contributed by atoms with van der Waals surface area (Å²) in [5.74, 6) is 0.682. The molecule has 1 saturated carbocycles. The number of aliphatic hydroxyl groups excluding tert-OH is 2. The lowest BCUT2D eigenvalue weighted by atomic mass is 9.88. The fourth-order valence-corrected chi connectivity index (χ4v) is 4.07. The molecule has 1 fully saturated rings. The predicted octanol–water partition coefficient (Wildman–Crippen LogP) is 2.01. The minimum absolute atomic E-state index is 0.0351. The average Bonchev–Trinajstić information content (AvgIpc) is 3.00. The quantitative estimate of drug-likeness (QED) is 0.591. The number of ether oxygens (including phenoxy) is 1. The van der Waals surface area contributed by atoms with E-state index in [4.69, 9.17) is 16.3 Å². The fourth-order valence-electron chi connectivity index (χ4n) is 3.94. The summed E-state index contributed by atoms with van der Waals surface area (Å²) in [7, 11) is 1.66. The molecule has 3 N–H and O–H groups in total. The zero-order valence-electron chi connectivity index (χ0n) is 16.1. The number of nitrogens with one attached hydrogen (secondary N) is 1. The van der Waals surface area contributed by atoms with Gasteiger partial charge in [-0.25, -0.2) is 9.97 Å². The molecule has 1 heterocycles. The molecule has 0 saturated heterocycles. The van der Waals surface area contributed by atoms with Crippen molar-refractivity contribution in [3.05, 3.63) is 58.6 Å². The lowest BCUT2D eigenvalue weighted by Gasteiger charge is -2.25. The van der Waals surface area contributed by atoms with E-state index in [9.17, 15) is 10.2 Å². The highest BCUT2D eigenvalue weighted by atomic mass is 35.5. The van der Waals surface area contributed by atoms with E-state index in [-0.39, 0.29) is 24.5 Å². The molecule has 6 nitrogen and oxygen atoms in total. The van der Waals surface area contributed by atoms with E-state index < -0.39 is 6.10 Å². The Labute approximate surface area is 170 Å². The number of aliphatic hydroxyl groups is 2. The molecule has 1 aromatic carbocycles. The standard InChI is InChI=1S/C21H28ClN3O3/c1-28-9-7-21-23-8-6-16(25-21)10-17-18(13-26)20(27)11-19(17)24-12-14-2-4-15(22)5-3-14/h2-6,8,17-20,24,26-27H,7,9-13H2,1H3/t17-,18-,19-,20-/m1/s1. The Hall–Kier alpha value is -1.57. The van der Waals surface area contributed by atoms with Gasteiger partial charge in [0.05, 0.1) is 12.7 Å². The summed E-state index contributed by atoms with van der Waals surface area (Å²) >= 11 is 5.95. The van der Waals surface area contributed by atoms with E-state index in [1.807, 2.05) is 30.3 Å². The van der Waals surface area contributed by atoms with Crippen molar-refractivity contribution < 1.29 is 14.9 Å². The van der Waals surface area contributed by atoms with Crippen LogP contribution in [0.15, 0.2) is 36.5 Å². The van der Waals surface area contributed by atoms with Gasteiger partial charge in [0.15, 0.2) is 0 Å². The molecule has 152 valence electrons. The highest BCUT2D eigenvalue weighted by Gasteiger charge is 2.41. The number of methoxy groups -OCH3 is 1. The Morgan fingerprint density at radius 3 is 2.71 bits per heavy atom. The summed E-state index contributed by atoms with van der Waals surface area (Å²) in [5, 5.41) is 24.6. The van der Waals surface area contributed by atoms with Crippen LogP contribution in [0.1, 0.15) is 23.5 Å². The van der Waals surface area contributed by atoms with Crippen molar-refractivity contribution in [3.8, 4) is 0 Å². The van der Waals surface area contributed by atoms with Crippen molar-refractivity contribution in [1.29, 1.82) is 0 Å². The number of benzene rings is 1. The first-order valence-electron chi connectivity index (χ1n) is 9.67. The summed E-state index contributed by atoms with van der Waals surface area (Å²) in [4.78, 5) is 8.92. The van der Waals surface area contributed by atoms with Crippen molar-refractivity contribution in [3.63, 3.8) is 0 Å². The summed E-state index contributed by atoms with van der Waals surface area (Å²) in [6.45, 7) is 1.23. The van der Waals surface area contributed by atoms with Gasteiger partial charge in [-0.3, -0.25) is 0 Å². The zero-order chi connectivity index (χ0) is 19.9. The highest BCUT2D eigenvalue weighted by molar-refractivity contribution is 6.30. The monoisotopic (exact) mass is 405 g/mol. The minimum Gasteiger partial charge on any atom is -0.396 e. The highest BCUT2D eigenvalue weighted by Crippen LogP contribution is 2.34. The largest absolute Gasteiger partial charge is 0.396 e. The van der Waals surface area contributed by atoms with Crippen molar-refractivity contribution in [2.75, 3.05) is 20.3 Å². The molecule has 0 bridgehead atoms. The van der Waals surface area contributed by atoms with Crippen LogP contribution in [0.25, 0.3) is 0 Å². The Bertz CT molecular complexity index is 744. The van der Waals surface area contributed by atoms with Gasteiger partial charge in [0.25, 0.3) is 0 Å². The molecule has 3 rings (SSSR count). The van der Waals surface area contributed by atoms with Crippen LogP contribution in [-0.4, -0.2) is 52.7 Å². The van der Waals surface area contributed by atoms with E-state index in [2.05, 4.69) is 15.3 Å². The molecular weight excluding hydrogens is 378 g/mol. The molecule has 0 unspecified atom stereocenters. The molecule has 0 radical (unpaired) electrons. The minimum atomic E-state index is -0.521. The first-order chi connectivity index (χ1) is 13.6. The van der Waals surface area contributed by atoms with Crippen LogP contribution in [0.2, 0.25) is 5.02 Å². The Kier molecular flexibility index (Phi) is 7.76. The van der Waals surface area contributed by atoms with Gasteiger partial charge in [-0.05, 0) is 42.5 Å². The number of hydrogen-bond donors (Lipinski definition) is 3. The van der Waals surface area contributed by atoms with Crippen LogP contribution in [0.4, 0.5) is 0 Å². The second kappa shape index (κ2) is 10.3. The second-order valence-corrected chi connectivity index (χ2v) is 7.77. The van der Waals surface area contributed by atoms with Gasteiger partial charge in [0.2, 0.25) is 0 Å². The van der Waals surface area contributed by atoms with Gasteiger partial charge >= 0.3 is 0 Å². The Morgan fingerprint density at radius 2 is 2.00 bits per heavy atom. The van der Waals surface area contributed by atoms with E-state index in [0.717, 1.165) is 17.1 Å². The molecule has 4 atom stereocenters. The van der Waals surface area contributed by atoms with Crippen molar-refractivity contribution in [2.45, 2.75) is 38.0 Å². The van der Waals surface area contributed by atoms with E-state index in [1.165, 1.54) is 0 Å². The van der Waals surface area contributed by atoms with Crippen LogP contribution in [0.5, 0.6) is 0 Å². The molecule has 2 aromatic rings. The Balaban J connectivity index is 1.68. The molecule has 1 aliphatic carbocycles. The van der Waals surface area contributed by atoms with Crippen molar-refractivity contribution >= 4 is 11.6 Å². The second-order valence-electron chi connectivity index (χ2n) is 7.34. The van der Waals surface area contributed by atoms with Gasteiger partial charge in [-0.15, -0.1) is 0 Å². The molecule has 0 spiro atoms. The topological polar surface area (TPSA) is 87.5 Å². The number of nitrogens with zero attached hydrogens (tertiary/aromatic N) is 2. The number of aromatic nitrogens is 2.